The first kappa shape index (κ1) is 25.3. The lowest BCUT2D eigenvalue weighted by atomic mass is 10.1. The third-order valence-corrected chi connectivity index (χ3v) is 5.76. The number of benzene rings is 2. The van der Waals surface area contributed by atoms with Crippen LogP contribution in [0.5, 0.6) is 5.88 Å². The number of nitrogens with one attached hydrogen (secondary N) is 1. The minimum absolute atomic E-state index is 0.0782. The fourth-order valence-electron chi connectivity index (χ4n) is 2.76. The van der Waals surface area contributed by atoms with Crippen molar-refractivity contribution in [2.24, 2.45) is 0 Å². The molecule has 0 aliphatic rings. The Balaban J connectivity index is 1.85. The van der Waals surface area contributed by atoms with Gasteiger partial charge in [0.05, 0.1) is 28.3 Å². The maximum atomic E-state index is 13.0. The van der Waals surface area contributed by atoms with Gasteiger partial charge in [-0.15, -0.1) is 10.2 Å². The molecule has 1 N–H and O–H groups in total. The fraction of sp³-hybridized carbons (Fsp3) is 0.238. The fourth-order valence-corrected chi connectivity index (χ4v) is 3.89. The lowest BCUT2D eigenvalue weighted by Crippen LogP contribution is -2.17. The molecule has 13 heteroatoms. The number of ether oxygens (including phenoxy) is 1. The van der Waals surface area contributed by atoms with Crippen molar-refractivity contribution < 1.29 is 39.5 Å². The number of nitrogens with zero attached hydrogens (tertiary/aromatic N) is 2. The van der Waals surface area contributed by atoms with Crippen molar-refractivity contribution in [3.8, 4) is 17.1 Å². The molecule has 0 bridgehead atoms. The van der Waals surface area contributed by atoms with E-state index in [9.17, 15) is 34.8 Å². The molecule has 6 nitrogen and oxygen atoms in total. The Bertz CT molecular complexity index is 1210. The lowest BCUT2D eigenvalue weighted by Gasteiger charge is -2.15. The van der Waals surface area contributed by atoms with Crippen LogP contribution >= 0.6 is 0 Å². The van der Waals surface area contributed by atoms with Crippen molar-refractivity contribution in [2.45, 2.75) is 30.6 Å². The standard InChI is InChI=1S/C21H17F6N3O3S/c1-2-9-33-19-8-7-18(28-29-19)13-3-5-16(6-4-13)30-34(31,32)17-11-14(20(22,23)24)10-15(12-17)21(25,26)27/h3-8,10-12,30H,2,9H2,1H3. The van der Waals surface area contributed by atoms with E-state index in [-0.39, 0.29) is 23.9 Å². The number of hydrogen-bond donors (Lipinski definition) is 1. The smallest absolute Gasteiger partial charge is 0.416 e. The number of anilines is 1. The van der Waals surface area contributed by atoms with Crippen molar-refractivity contribution in [2.75, 3.05) is 11.3 Å². The van der Waals surface area contributed by atoms with E-state index >= 15 is 0 Å². The Labute approximate surface area is 190 Å². The highest BCUT2D eigenvalue weighted by Crippen LogP contribution is 2.37. The molecule has 1 heterocycles. The maximum absolute atomic E-state index is 13.0. The summed E-state index contributed by atoms with van der Waals surface area (Å²) in [6.07, 6.45) is -9.56. The summed E-state index contributed by atoms with van der Waals surface area (Å²) in [7, 11) is -4.77. The molecule has 34 heavy (non-hydrogen) atoms. The average molecular weight is 505 g/mol. The zero-order valence-electron chi connectivity index (χ0n) is 17.4. The summed E-state index contributed by atoms with van der Waals surface area (Å²) >= 11 is 0. The van der Waals surface area contributed by atoms with Crippen molar-refractivity contribution in [1.29, 1.82) is 0 Å². The van der Waals surface area contributed by atoms with Gasteiger partial charge in [-0.3, -0.25) is 4.72 Å². The summed E-state index contributed by atoms with van der Waals surface area (Å²) in [5, 5.41) is 7.89. The van der Waals surface area contributed by atoms with E-state index in [1.54, 1.807) is 12.1 Å². The van der Waals surface area contributed by atoms with Gasteiger partial charge < -0.3 is 4.74 Å². The highest BCUT2D eigenvalue weighted by Gasteiger charge is 2.38. The zero-order valence-corrected chi connectivity index (χ0v) is 18.2. The van der Waals surface area contributed by atoms with E-state index in [0.29, 0.717) is 23.7 Å². The van der Waals surface area contributed by atoms with Crippen LogP contribution in [0.25, 0.3) is 11.3 Å². The molecule has 0 saturated heterocycles. The number of alkyl halides is 6. The molecule has 3 aromatic rings. The number of rotatable bonds is 7. The SMILES string of the molecule is CCCOc1ccc(-c2ccc(NS(=O)(=O)c3cc(C(F)(F)F)cc(C(F)(F)F)c3)cc2)nn1. The minimum Gasteiger partial charge on any atom is -0.477 e. The molecular formula is C21H17F6N3O3S. The Morgan fingerprint density at radius 2 is 1.44 bits per heavy atom. The molecule has 0 atom stereocenters. The zero-order chi connectivity index (χ0) is 25.1. The molecule has 0 amide bonds. The topological polar surface area (TPSA) is 81.2 Å². The van der Waals surface area contributed by atoms with Gasteiger partial charge in [0, 0.05) is 17.3 Å². The molecule has 3 rings (SSSR count). The molecule has 0 radical (unpaired) electrons. The summed E-state index contributed by atoms with van der Waals surface area (Å²) < 4.78 is 111. The van der Waals surface area contributed by atoms with Gasteiger partial charge in [-0.1, -0.05) is 19.1 Å². The highest BCUT2D eigenvalue weighted by atomic mass is 32.2. The van der Waals surface area contributed by atoms with Gasteiger partial charge in [0.25, 0.3) is 10.0 Å². The largest absolute Gasteiger partial charge is 0.477 e. The van der Waals surface area contributed by atoms with Crippen molar-refractivity contribution in [3.05, 3.63) is 65.7 Å². The first-order valence-electron chi connectivity index (χ1n) is 9.69. The van der Waals surface area contributed by atoms with E-state index in [1.165, 1.54) is 24.3 Å². The second-order valence-electron chi connectivity index (χ2n) is 7.03. The summed E-state index contributed by atoms with van der Waals surface area (Å²) in [6, 6.07) is 8.85. The second-order valence-corrected chi connectivity index (χ2v) is 8.71. The molecule has 0 aliphatic heterocycles. The summed E-state index contributed by atoms with van der Waals surface area (Å²) in [5.74, 6) is 0.328. The van der Waals surface area contributed by atoms with E-state index in [2.05, 4.69) is 10.2 Å². The van der Waals surface area contributed by atoms with Gasteiger partial charge >= 0.3 is 12.4 Å². The predicted octanol–water partition coefficient (Wildman–Crippen LogP) is 5.77. The molecule has 0 unspecified atom stereocenters. The van der Waals surface area contributed by atoms with Crippen LogP contribution in [0.1, 0.15) is 24.5 Å². The van der Waals surface area contributed by atoms with Crippen LogP contribution in [0.2, 0.25) is 0 Å². The van der Waals surface area contributed by atoms with Crippen LogP contribution in [0, 0.1) is 0 Å². The molecule has 0 fully saturated rings. The maximum Gasteiger partial charge on any atom is 0.416 e. The molecule has 182 valence electrons. The van der Waals surface area contributed by atoms with E-state index in [4.69, 9.17) is 4.74 Å². The van der Waals surface area contributed by atoms with Crippen molar-refractivity contribution in [3.63, 3.8) is 0 Å². The van der Waals surface area contributed by atoms with Crippen molar-refractivity contribution >= 4 is 15.7 Å². The van der Waals surface area contributed by atoms with Crippen LogP contribution in [0.4, 0.5) is 32.0 Å². The summed E-state index contributed by atoms with van der Waals surface area (Å²) in [5.41, 5.74) is -2.57. The first-order valence-corrected chi connectivity index (χ1v) is 11.2. The van der Waals surface area contributed by atoms with Crippen molar-refractivity contribution in [1.82, 2.24) is 10.2 Å². The number of aromatic nitrogens is 2. The molecule has 0 saturated carbocycles. The monoisotopic (exact) mass is 505 g/mol. The Hall–Kier alpha value is -3.35. The quantitative estimate of drug-likeness (QED) is 0.413. The molecular weight excluding hydrogens is 488 g/mol. The van der Waals surface area contributed by atoms with E-state index < -0.39 is 38.4 Å². The lowest BCUT2D eigenvalue weighted by molar-refractivity contribution is -0.143. The van der Waals surface area contributed by atoms with E-state index in [1.807, 2.05) is 11.6 Å². The molecule has 1 aromatic heterocycles. The summed E-state index contributed by atoms with van der Waals surface area (Å²) in [4.78, 5) is -1.17. The van der Waals surface area contributed by atoms with Gasteiger partial charge in [-0.05, 0) is 42.8 Å². The van der Waals surface area contributed by atoms with E-state index in [0.717, 1.165) is 6.42 Å². The van der Waals surface area contributed by atoms with Crippen LogP contribution in [0.3, 0.4) is 0 Å². The second kappa shape index (κ2) is 9.49. The number of hydrogen-bond acceptors (Lipinski definition) is 5. The molecule has 0 spiro atoms. The third kappa shape index (κ3) is 6.16. The van der Waals surface area contributed by atoms with Crippen LogP contribution in [0.15, 0.2) is 59.5 Å². The molecule has 2 aromatic carbocycles. The first-order chi connectivity index (χ1) is 15.8. The van der Waals surface area contributed by atoms with Gasteiger partial charge in [0.15, 0.2) is 0 Å². The number of sulfonamides is 1. The Kier molecular flexibility index (Phi) is 7.05. The van der Waals surface area contributed by atoms with Crippen LogP contribution in [-0.4, -0.2) is 25.2 Å². The Morgan fingerprint density at radius 3 is 1.91 bits per heavy atom. The highest BCUT2D eigenvalue weighted by molar-refractivity contribution is 7.92. The third-order valence-electron chi connectivity index (χ3n) is 4.40. The average Bonchev–Trinajstić information content (AvgIpc) is 2.77. The van der Waals surface area contributed by atoms with Crippen LogP contribution in [-0.2, 0) is 22.4 Å². The van der Waals surface area contributed by atoms with Gasteiger partial charge in [0.2, 0.25) is 5.88 Å². The van der Waals surface area contributed by atoms with Crippen LogP contribution < -0.4 is 9.46 Å². The number of halogens is 6. The molecule has 0 aliphatic carbocycles. The predicted molar refractivity (Wildman–Crippen MR) is 111 cm³/mol. The minimum atomic E-state index is -5.18. The van der Waals surface area contributed by atoms with Gasteiger partial charge in [0.1, 0.15) is 0 Å². The summed E-state index contributed by atoms with van der Waals surface area (Å²) in [6.45, 7) is 2.40. The van der Waals surface area contributed by atoms with Gasteiger partial charge in [-0.25, -0.2) is 8.42 Å². The van der Waals surface area contributed by atoms with Gasteiger partial charge in [-0.2, -0.15) is 26.3 Å². The normalized spacial score (nSPS) is 12.4. The Morgan fingerprint density at radius 1 is 0.853 bits per heavy atom.